The molecular formula is C11H21N3O. The second-order valence-corrected chi connectivity index (χ2v) is 4.19. The minimum atomic E-state index is -0.546. The van der Waals surface area contributed by atoms with E-state index in [1.165, 1.54) is 0 Å². The molecular weight excluding hydrogens is 190 g/mol. The number of nitrogens with two attached hydrogens (primary N) is 1. The third-order valence-electron chi connectivity index (χ3n) is 3.26. The normalized spacial score (nSPS) is 17.4. The molecule has 15 heavy (non-hydrogen) atoms. The molecule has 0 aromatic carbocycles. The van der Waals surface area contributed by atoms with Gasteiger partial charge in [-0.05, 0) is 19.4 Å². The Kier molecular flexibility index (Phi) is 3.88. The van der Waals surface area contributed by atoms with Crippen LogP contribution in [0.1, 0.15) is 39.0 Å². The van der Waals surface area contributed by atoms with Crippen molar-refractivity contribution >= 4 is 0 Å². The van der Waals surface area contributed by atoms with Gasteiger partial charge in [-0.15, -0.1) is 0 Å². The van der Waals surface area contributed by atoms with Crippen LogP contribution in [0.2, 0.25) is 0 Å². The lowest BCUT2D eigenvalue weighted by Crippen LogP contribution is -2.34. The van der Waals surface area contributed by atoms with E-state index in [0.717, 1.165) is 18.7 Å². The number of aliphatic hydroxyl groups is 1. The van der Waals surface area contributed by atoms with Crippen LogP contribution in [0.25, 0.3) is 0 Å². The first-order valence-corrected chi connectivity index (χ1v) is 5.49. The predicted molar refractivity (Wildman–Crippen MR) is 60.3 cm³/mol. The molecule has 1 rings (SSSR count). The second kappa shape index (κ2) is 4.77. The largest absolute Gasteiger partial charge is 0.386 e. The van der Waals surface area contributed by atoms with Gasteiger partial charge < -0.3 is 10.8 Å². The summed E-state index contributed by atoms with van der Waals surface area (Å²) < 4.78 is 1.81. The van der Waals surface area contributed by atoms with Crippen LogP contribution >= 0.6 is 0 Å². The Hall–Kier alpha value is -0.870. The molecule has 0 spiro atoms. The van der Waals surface area contributed by atoms with Crippen molar-refractivity contribution < 1.29 is 5.11 Å². The van der Waals surface area contributed by atoms with Crippen LogP contribution < -0.4 is 5.73 Å². The Labute approximate surface area is 91.1 Å². The summed E-state index contributed by atoms with van der Waals surface area (Å²) in [5.41, 5.74) is 6.31. The third-order valence-corrected chi connectivity index (χ3v) is 3.26. The maximum Gasteiger partial charge on any atom is 0.102 e. The summed E-state index contributed by atoms with van der Waals surface area (Å²) in [6, 6.07) is 1.86. The van der Waals surface area contributed by atoms with E-state index in [2.05, 4.69) is 5.10 Å². The van der Waals surface area contributed by atoms with Gasteiger partial charge in [-0.1, -0.05) is 13.8 Å². The highest BCUT2D eigenvalue weighted by Gasteiger charge is 2.32. The van der Waals surface area contributed by atoms with Crippen molar-refractivity contribution in [2.24, 2.45) is 11.1 Å². The Morgan fingerprint density at radius 3 is 2.73 bits per heavy atom. The number of aryl methyl sites for hydroxylation is 1. The van der Waals surface area contributed by atoms with Crippen molar-refractivity contribution in [2.45, 2.75) is 39.8 Å². The maximum absolute atomic E-state index is 10.3. The number of hydrogen-bond acceptors (Lipinski definition) is 3. The van der Waals surface area contributed by atoms with Gasteiger partial charge in [-0.2, -0.15) is 5.10 Å². The summed E-state index contributed by atoms with van der Waals surface area (Å²) in [4.78, 5) is 0. The van der Waals surface area contributed by atoms with Crippen LogP contribution in [0.4, 0.5) is 0 Å². The molecule has 1 heterocycles. The number of nitrogens with zero attached hydrogens (tertiary/aromatic N) is 2. The summed E-state index contributed by atoms with van der Waals surface area (Å²) in [5.74, 6) is 0. The molecule has 3 N–H and O–H groups in total. The first-order valence-electron chi connectivity index (χ1n) is 5.49. The summed E-state index contributed by atoms with van der Waals surface area (Å²) in [6.07, 6.45) is 2.02. The van der Waals surface area contributed by atoms with E-state index in [9.17, 15) is 5.11 Å². The SMILES string of the molecule is CCn1nccc1C(O)C(C)(CC)CN. The van der Waals surface area contributed by atoms with E-state index >= 15 is 0 Å². The molecule has 1 aromatic heterocycles. The third kappa shape index (κ3) is 2.21. The average Bonchev–Trinajstić information content (AvgIpc) is 2.74. The lowest BCUT2D eigenvalue weighted by molar-refractivity contribution is 0.0321. The first-order chi connectivity index (χ1) is 7.09. The van der Waals surface area contributed by atoms with Crippen molar-refractivity contribution in [3.05, 3.63) is 18.0 Å². The summed E-state index contributed by atoms with van der Waals surface area (Å²) >= 11 is 0. The highest BCUT2D eigenvalue weighted by atomic mass is 16.3. The molecule has 0 amide bonds. The number of aliphatic hydroxyl groups excluding tert-OH is 1. The highest BCUT2D eigenvalue weighted by Crippen LogP contribution is 2.35. The minimum Gasteiger partial charge on any atom is -0.386 e. The Morgan fingerprint density at radius 1 is 1.60 bits per heavy atom. The molecule has 0 aliphatic carbocycles. The van der Waals surface area contributed by atoms with Gasteiger partial charge in [-0.25, -0.2) is 0 Å². The number of aromatic nitrogens is 2. The van der Waals surface area contributed by atoms with Gasteiger partial charge in [0.2, 0.25) is 0 Å². The van der Waals surface area contributed by atoms with Crippen LogP contribution in [0, 0.1) is 5.41 Å². The Bertz CT molecular complexity index is 305. The Balaban J connectivity index is 2.97. The molecule has 0 bridgehead atoms. The van der Waals surface area contributed by atoms with Gasteiger partial charge in [0, 0.05) is 24.7 Å². The van der Waals surface area contributed by atoms with Crippen molar-refractivity contribution in [1.82, 2.24) is 9.78 Å². The molecule has 0 radical (unpaired) electrons. The lowest BCUT2D eigenvalue weighted by atomic mass is 9.80. The molecule has 0 saturated heterocycles. The molecule has 4 nitrogen and oxygen atoms in total. The van der Waals surface area contributed by atoms with Gasteiger partial charge in [0.1, 0.15) is 6.10 Å². The van der Waals surface area contributed by atoms with E-state index in [4.69, 9.17) is 5.73 Å². The summed E-state index contributed by atoms with van der Waals surface area (Å²) in [5, 5.41) is 14.5. The van der Waals surface area contributed by atoms with Gasteiger partial charge in [-0.3, -0.25) is 4.68 Å². The monoisotopic (exact) mass is 211 g/mol. The lowest BCUT2D eigenvalue weighted by Gasteiger charge is -2.32. The van der Waals surface area contributed by atoms with E-state index in [0.29, 0.717) is 6.54 Å². The molecule has 4 heteroatoms. The molecule has 86 valence electrons. The number of hydrogen-bond donors (Lipinski definition) is 2. The van der Waals surface area contributed by atoms with Crippen LogP contribution in [0.3, 0.4) is 0 Å². The molecule has 0 aliphatic rings. The van der Waals surface area contributed by atoms with Gasteiger partial charge in [0.15, 0.2) is 0 Å². The zero-order valence-corrected chi connectivity index (χ0v) is 9.77. The van der Waals surface area contributed by atoms with Gasteiger partial charge in [0.05, 0.1) is 5.69 Å². The zero-order chi connectivity index (χ0) is 11.5. The van der Waals surface area contributed by atoms with Crippen molar-refractivity contribution in [1.29, 1.82) is 0 Å². The fraction of sp³-hybridized carbons (Fsp3) is 0.727. The molecule has 2 unspecified atom stereocenters. The minimum absolute atomic E-state index is 0.271. The smallest absolute Gasteiger partial charge is 0.102 e. The van der Waals surface area contributed by atoms with Crippen LogP contribution in [0.5, 0.6) is 0 Å². The van der Waals surface area contributed by atoms with Crippen molar-refractivity contribution in [3.8, 4) is 0 Å². The average molecular weight is 211 g/mol. The predicted octanol–water partition coefficient (Wildman–Crippen LogP) is 1.31. The van der Waals surface area contributed by atoms with Crippen LogP contribution in [-0.2, 0) is 6.54 Å². The Morgan fingerprint density at radius 2 is 2.27 bits per heavy atom. The van der Waals surface area contributed by atoms with Crippen LogP contribution in [0.15, 0.2) is 12.3 Å². The van der Waals surface area contributed by atoms with Gasteiger partial charge >= 0.3 is 0 Å². The quantitative estimate of drug-likeness (QED) is 0.772. The summed E-state index contributed by atoms with van der Waals surface area (Å²) in [7, 11) is 0. The van der Waals surface area contributed by atoms with Crippen molar-refractivity contribution in [2.75, 3.05) is 6.54 Å². The second-order valence-electron chi connectivity index (χ2n) is 4.19. The molecule has 0 fully saturated rings. The standard InChI is InChI=1S/C11H21N3O/c1-4-11(3,8-12)10(15)9-6-7-13-14(9)5-2/h6-7,10,15H,4-5,8,12H2,1-3H3. The van der Waals surface area contributed by atoms with Gasteiger partial charge in [0.25, 0.3) is 0 Å². The zero-order valence-electron chi connectivity index (χ0n) is 9.77. The van der Waals surface area contributed by atoms with E-state index in [-0.39, 0.29) is 5.41 Å². The molecule has 1 aromatic rings. The molecule has 0 aliphatic heterocycles. The van der Waals surface area contributed by atoms with E-state index < -0.39 is 6.10 Å². The fourth-order valence-corrected chi connectivity index (χ4v) is 1.65. The first kappa shape index (κ1) is 12.2. The maximum atomic E-state index is 10.3. The molecule has 0 saturated carbocycles. The van der Waals surface area contributed by atoms with Crippen LogP contribution in [-0.4, -0.2) is 21.4 Å². The summed E-state index contributed by atoms with van der Waals surface area (Å²) in [6.45, 7) is 7.30. The van der Waals surface area contributed by atoms with E-state index in [1.807, 2.05) is 31.5 Å². The number of rotatable bonds is 5. The fourth-order valence-electron chi connectivity index (χ4n) is 1.65. The van der Waals surface area contributed by atoms with Crippen molar-refractivity contribution in [3.63, 3.8) is 0 Å². The molecule has 2 atom stereocenters. The van der Waals surface area contributed by atoms with E-state index in [1.54, 1.807) is 6.20 Å². The highest BCUT2D eigenvalue weighted by molar-refractivity contribution is 5.08. The topological polar surface area (TPSA) is 64.1 Å².